The number of carbonyl (C=O) groups is 2. The first kappa shape index (κ1) is 19.1. The average Bonchev–Trinajstić information content (AvgIpc) is 3.32. The minimum absolute atomic E-state index is 0.0307. The smallest absolute Gasteiger partial charge is 0.312 e. The summed E-state index contributed by atoms with van der Waals surface area (Å²) in [7, 11) is 1.53. The number of benzene rings is 1. The molecule has 1 aromatic carbocycles. The van der Waals surface area contributed by atoms with E-state index >= 15 is 0 Å². The number of aromatic nitrogens is 1. The Morgan fingerprint density at radius 1 is 1.22 bits per heavy atom. The van der Waals surface area contributed by atoms with Gasteiger partial charge in [-0.05, 0) is 36.1 Å². The van der Waals surface area contributed by atoms with Crippen molar-refractivity contribution in [2.75, 3.05) is 19.0 Å². The number of hydrogen-bond donors (Lipinski definition) is 1. The first-order valence-electron chi connectivity index (χ1n) is 8.13. The van der Waals surface area contributed by atoms with Crippen LogP contribution in [0.1, 0.15) is 11.3 Å². The summed E-state index contributed by atoms with van der Waals surface area (Å²) in [4.78, 5) is 29.5. The minimum Gasteiger partial charge on any atom is -0.495 e. The maximum absolute atomic E-state index is 12.1. The molecule has 8 heteroatoms. The van der Waals surface area contributed by atoms with E-state index in [0.717, 1.165) is 15.4 Å². The Labute approximate surface area is 164 Å². The highest BCUT2D eigenvalue weighted by molar-refractivity contribution is 7.20. The molecule has 0 aliphatic rings. The number of thiazole rings is 1. The van der Waals surface area contributed by atoms with Crippen molar-refractivity contribution >= 4 is 40.2 Å². The summed E-state index contributed by atoms with van der Waals surface area (Å²) in [5, 5.41) is 7.37. The Kier molecular flexibility index (Phi) is 6.20. The Hall–Kier alpha value is -2.71. The molecule has 1 N–H and O–H groups in total. The van der Waals surface area contributed by atoms with Crippen molar-refractivity contribution in [3.8, 4) is 15.6 Å². The predicted octanol–water partition coefficient (Wildman–Crippen LogP) is 3.91. The fourth-order valence-electron chi connectivity index (χ4n) is 2.35. The van der Waals surface area contributed by atoms with Crippen LogP contribution in [0.5, 0.6) is 5.75 Å². The van der Waals surface area contributed by atoms with Crippen molar-refractivity contribution in [1.29, 1.82) is 0 Å². The van der Waals surface area contributed by atoms with Gasteiger partial charge in [0.15, 0.2) is 6.61 Å². The molecule has 0 aliphatic heterocycles. The number of hydrogen-bond acceptors (Lipinski definition) is 7. The number of rotatable bonds is 7. The lowest BCUT2D eigenvalue weighted by Crippen LogP contribution is -2.22. The van der Waals surface area contributed by atoms with Gasteiger partial charge in [0, 0.05) is 5.38 Å². The fraction of sp³-hybridized carbons (Fsp3) is 0.211. The van der Waals surface area contributed by atoms with Gasteiger partial charge in [-0.3, -0.25) is 9.59 Å². The number of aryl methyl sites for hydroxylation is 1. The number of methoxy groups -OCH3 is 1. The quantitative estimate of drug-likeness (QED) is 0.606. The summed E-state index contributed by atoms with van der Waals surface area (Å²) < 4.78 is 10.3. The van der Waals surface area contributed by atoms with Crippen molar-refractivity contribution in [2.45, 2.75) is 13.3 Å². The second-order valence-corrected chi connectivity index (χ2v) is 7.52. The number of nitrogens with one attached hydrogen (secondary N) is 1. The maximum atomic E-state index is 12.1. The molecule has 0 atom stereocenters. The van der Waals surface area contributed by atoms with Crippen LogP contribution in [0.2, 0.25) is 0 Å². The van der Waals surface area contributed by atoms with Gasteiger partial charge in [0.1, 0.15) is 10.8 Å². The molecule has 3 rings (SSSR count). The lowest BCUT2D eigenvalue weighted by Gasteiger charge is -2.11. The second kappa shape index (κ2) is 8.79. The van der Waals surface area contributed by atoms with E-state index in [2.05, 4.69) is 10.3 Å². The van der Waals surface area contributed by atoms with Gasteiger partial charge < -0.3 is 14.8 Å². The molecule has 0 bridgehead atoms. The highest BCUT2D eigenvalue weighted by atomic mass is 32.1. The van der Waals surface area contributed by atoms with E-state index in [0.29, 0.717) is 17.1 Å². The van der Waals surface area contributed by atoms with E-state index in [1.54, 1.807) is 23.5 Å². The molecular formula is C19H18N2O4S2. The molecule has 0 spiro atoms. The summed E-state index contributed by atoms with van der Waals surface area (Å²) >= 11 is 3.07. The lowest BCUT2D eigenvalue weighted by molar-refractivity contribution is -0.146. The Morgan fingerprint density at radius 3 is 2.81 bits per heavy atom. The van der Waals surface area contributed by atoms with E-state index in [-0.39, 0.29) is 13.0 Å². The Bertz CT molecular complexity index is 935. The van der Waals surface area contributed by atoms with Crippen LogP contribution in [0.3, 0.4) is 0 Å². The average molecular weight is 402 g/mol. The van der Waals surface area contributed by atoms with E-state index in [1.165, 1.54) is 18.4 Å². The highest BCUT2D eigenvalue weighted by Gasteiger charge is 2.13. The third-order valence-corrected chi connectivity index (χ3v) is 5.53. The summed E-state index contributed by atoms with van der Waals surface area (Å²) in [6, 6.07) is 9.38. The van der Waals surface area contributed by atoms with Crippen LogP contribution in [0.25, 0.3) is 9.88 Å². The number of carbonyl (C=O) groups excluding carboxylic acids is 2. The first-order chi connectivity index (χ1) is 13.0. The van der Waals surface area contributed by atoms with Crippen molar-refractivity contribution in [3.05, 3.63) is 52.3 Å². The molecule has 0 saturated heterocycles. The first-order valence-corrected chi connectivity index (χ1v) is 9.89. The lowest BCUT2D eigenvalue weighted by atomic mass is 10.2. The van der Waals surface area contributed by atoms with Crippen LogP contribution in [0, 0.1) is 6.92 Å². The highest BCUT2D eigenvalue weighted by Crippen LogP contribution is 2.28. The van der Waals surface area contributed by atoms with E-state index in [4.69, 9.17) is 9.47 Å². The third-order valence-electron chi connectivity index (χ3n) is 3.60. The number of nitrogens with zero attached hydrogens (tertiary/aromatic N) is 1. The van der Waals surface area contributed by atoms with Crippen molar-refractivity contribution in [1.82, 2.24) is 4.98 Å². The van der Waals surface area contributed by atoms with Gasteiger partial charge in [-0.1, -0.05) is 12.1 Å². The van der Waals surface area contributed by atoms with Crippen LogP contribution in [0.15, 0.2) is 41.1 Å². The van der Waals surface area contributed by atoms with Gasteiger partial charge in [-0.25, -0.2) is 4.98 Å². The van der Waals surface area contributed by atoms with Gasteiger partial charge >= 0.3 is 5.97 Å². The van der Waals surface area contributed by atoms with Crippen LogP contribution < -0.4 is 10.1 Å². The van der Waals surface area contributed by atoms with Crippen LogP contribution in [0.4, 0.5) is 5.69 Å². The molecule has 2 heterocycles. The largest absolute Gasteiger partial charge is 0.495 e. The summed E-state index contributed by atoms with van der Waals surface area (Å²) in [6.45, 7) is 1.55. The van der Waals surface area contributed by atoms with Crippen molar-refractivity contribution < 1.29 is 19.1 Å². The van der Waals surface area contributed by atoms with Gasteiger partial charge in [0.25, 0.3) is 5.91 Å². The van der Waals surface area contributed by atoms with Crippen molar-refractivity contribution in [2.24, 2.45) is 0 Å². The normalized spacial score (nSPS) is 10.4. The standard InChI is InChI=1S/C19H18N2O4S2/c1-12-5-6-15(24-2)14(8-12)21-17(22)10-25-18(23)9-13-11-27-19(20-13)16-4-3-7-26-16/h3-8,11H,9-10H2,1-2H3,(H,21,22). The molecule has 6 nitrogen and oxygen atoms in total. The molecule has 0 unspecified atom stereocenters. The molecule has 0 aliphatic carbocycles. The van der Waals surface area contributed by atoms with E-state index in [9.17, 15) is 9.59 Å². The van der Waals surface area contributed by atoms with Gasteiger partial charge in [0.05, 0.1) is 29.8 Å². The van der Waals surface area contributed by atoms with Crippen molar-refractivity contribution in [3.63, 3.8) is 0 Å². The van der Waals surface area contributed by atoms with Crippen LogP contribution in [-0.4, -0.2) is 30.6 Å². The molecule has 0 saturated carbocycles. The molecule has 3 aromatic rings. The fourth-order valence-corrected chi connectivity index (χ4v) is 3.99. The molecule has 140 valence electrons. The Balaban J connectivity index is 1.50. The molecular weight excluding hydrogens is 384 g/mol. The van der Waals surface area contributed by atoms with Gasteiger partial charge in [-0.2, -0.15) is 0 Å². The number of esters is 1. The Morgan fingerprint density at radius 2 is 2.07 bits per heavy atom. The topological polar surface area (TPSA) is 77.5 Å². The molecule has 27 heavy (non-hydrogen) atoms. The summed E-state index contributed by atoms with van der Waals surface area (Å²) in [6.07, 6.45) is 0.0307. The molecule has 1 amide bonds. The molecule has 0 fully saturated rings. The van der Waals surface area contributed by atoms with Gasteiger partial charge in [-0.15, -0.1) is 22.7 Å². The zero-order valence-electron chi connectivity index (χ0n) is 14.9. The minimum atomic E-state index is -0.496. The SMILES string of the molecule is COc1ccc(C)cc1NC(=O)COC(=O)Cc1csc(-c2cccs2)n1. The maximum Gasteiger partial charge on any atom is 0.312 e. The zero-order valence-corrected chi connectivity index (χ0v) is 16.5. The number of anilines is 1. The summed E-state index contributed by atoms with van der Waals surface area (Å²) in [5.74, 6) is -0.377. The number of thiophene rings is 1. The predicted molar refractivity (Wildman–Crippen MR) is 106 cm³/mol. The van der Waals surface area contributed by atoms with Gasteiger partial charge in [0.2, 0.25) is 0 Å². The summed E-state index contributed by atoms with van der Waals surface area (Å²) in [5.41, 5.74) is 2.15. The molecule has 2 aromatic heterocycles. The number of ether oxygens (including phenoxy) is 2. The number of amides is 1. The molecule has 0 radical (unpaired) electrons. The monoisotopic (exact) mass is 402 g/mol. The van der Waals surface area contributed by atoms with Crippen LogP contribution in [-0.2, 0) is 20.7 Å². The third kappa shape index (κ3) is 5.15. The van der Waals surface area contributed by atoms with E-state index < -0.39 is 11.9 Å². The van der Waals surface area contributed by atoms with Crippen LogP contribution >= 0.6 is 22.7 Å². The van der Waals surface area contributed by atoms with E-state index in [1.807, 2.05) is 35.9 Å². The zero-order chi connectivity index (χ0) is 19.2. The second-order valence-electron chi connectivity index (χ2n) is 5.71.